The first kappa shape index (κ1) is 28.8. The van der Waals surface area contributed by atoms with Gasteiger partial charge in [0.2, 0.25) is 6.79 Å². The van der Waals surface area contributed by atoms with Gasteiger partial charge in [0.1, 0.15) is 11.9 Å². The van der Waals surface area contributed by atoms with Crippen LogP contribution in [0.25, 0.3) is 0 Å². The Hall–Kier alpha value is -4.19. The molecule has 0 aromatic heterocycles. The van der Waals surface area contributed by atoms with E-state index in [9.17, 15) is 19.5 Å². The number of fused-ring (bicyclic) bond motifs is 2. The molecule has 2 heterocycles. The van der Waals surface area contributed by atoms with E-state index >= 15 is 0 Å². The number of hydrogen-bond donors (Lipinski definition) is 4. The van der Waals surface area contributed by atoms with Crippen LogP contribution in [-0.4, -0.2) is 84.6 Å². The zero-order valence-electron chi connectivity index (χ0n) is 23.4. The lowest BCUT2D eigenvalue weighted by molar-refractivity contribution is 0.0366. The van der Waals surface area contributed by atoms with Crippen molar-refractivity contribution in [3.05, 3.63) is 42.0 Å². The third-order valence-electron chi connectivity index (χ3n) is 6.77. The van der Waals surface area contributed by atoms with Crippen LogP contribution in [0.5, 0.6) is 17.2 Å². The largest absolute Gasteiger partial charge is 0.487 e. The second kappa shape index (κ2) is 12.3. The summed E-state index contributed by atoms with van der Waals surface area (Å²) in [7, 11) is 1.69. The lowest BCUT2D eigenvalue weighted by atomic mass is 9.99. The number of urea groups is 2. The van der Waals surface area contributed by atoms with Crippen LogP contribution in [0.2, 0.25) is 0 Å². The first-order valence-electron chi connectivity index (χ1n) is 13.3. The van der Waals surface area contributed by atoms with E-state index in [2.05, 4.69) is 16.0 Å². The molecule has 12 nitrogen and oxygen atoms in total. The Labute approximate surface area is 233 Å². The maximum absolute atomic E-state index is 13.6. The smallest absolute Gasteiger partial charge is 0.323 e. The topological polar surface area (TPSA) is 142 Å². The molecule has 12 heteroatoms. The van der Waals surface area contributed by atoms with Crippen molar-refractivity contribution < 1.29 is 33.7 Å². The van der Waals surface area contributed by atoms with E-state index in [4.69, 9.17) is 14.2 Å². The Morgan fingerprint density at radius 3 is 2.38 bits per heavy atom. The minimum absolute atomic E-state index is 0.0157. The zero-order chi connectivity index (χ0) is 29.0. The fourth-order valence-corrected chi connectivity index (χ4v) is 4.50. The average Bonchev–Trinajstić information content (AvgIpc) is 3.38. The maximum atomic E-state index is 13.6. The summed E-state index contributed by atoms with van der Waals surface area (Å²) in [5.74, 6) is 0.998. The predicted molar refractivity (Wildman–Crippen MR) is 149 cm³/mol. The Balaban J connectivity index is 1.55. The normalized spacial score (nSPS) is 18.7. The van der Waals surface area contributed by atoms with Crippen LogP contribution in [0.4, 0.5) is 21.0 Å². The van der Waals surface area contributed by atoms with Crippen LogP contribution in [0, 0.1) is 5.92 Å². The summed E-state index contributed by atoms with van der Waals surface area (Å²) in [5.41, 5.74) is 1.13. The number of anilines is 2. The van der Waals surface area contributed by atoms with Gasteiger partial charge in [-0.15, -0.1) is 0 Å². The van der Waals surface area contributed by atoms with E-state index < -0.39 is 18.2 Å². The van der Waals surface area contributed by atoms with Gasteiger partial charge in [-0.05, 0) is 51.1 Å². The highest BCUT2D eigenvalue weighted by Gasteiger charge is 2.34. The van der Waals surface area contributed by atoms with Crippen LogP contribution in [0.3, 0.4) is 0 Å². The SMILES string of the molecule is CC(C)NC(=O)N(C)C[C@@H]1Oc2ccc(NC(=O)Nc3ccc4c(c3)OCO4)cc2C(=O)N([C@H](C)CO)C[C@@H]1C. The first-order chi connectivity index (χ1) is 19.0. The van der Waals surface area contributed by atoms with Crippen LogP contribution in [0.1, 0.15) is 38.1 Å². The predicted octanol–water partition coefficient (Wildman–Crippen LogP) is 3.33. The van der Waals surface area contributed by atoms with Gasteiger partial charge in [0.05, 0.1) is 24.8 Å². The summed E-state index contributed by atoms with van der Waals surface area (Å²) < 4.78 is 17.0. The second-order valence-corrected chi connectivity index (χ2v) is 10.5. The second-order valence-electron chi connectivity index (χ2n) is 10.5. The Morgan fingerprint density at radius 1 is 1.05 bits per heavy atom. The van der Waals surface area contributed by atoms with E-state index in [1.54, 1.807) is 60.2 Å². The number of carbonyl (C=O) groups excluding carboxylic acids is 3. The number of ether oxygens (including phenoxy) is 3. The molecule has 3 atom stereocenters. The van der Waals surface area contributed by atoms with Crippen molar-refractivity contribution in [2.45, 2.75) is 45.9 Å². The quantitative estimate of drug-likeness (QED) is 0.411. The number of nitrogens with one attached hydrogen (secondary N) is 3. The maximum Gasteiger partial charge on any atom is 0.323 e. The molecule has 0 saturated carbocycles. The molecule has 5 amide bonds. The molecule has 40 heavy (non-hydrogen) atoms. The lowest BCUT2D eigenvalue weighted by Gasteiger charge is -2.38. The van der Waals surface area contributed by atoms with Gasteiger partial charge in [0, 0.05) is 43.0 Å². The lowest BCUT2D eigenvalue weighted by Crippen LogP contribution is -2.51. The standard InChI is InChI=1S/C28H37N5O7/c1-16(2)29-28(37)32(5)13-25-17(3)12-33(18(4)14-34)26(35)21-10-19(6-8-22(21)40-25)30-27(36)31-20-7-9-23-24(11-20)39-15-38-23/h6-11,16-18,25,34H,12-15H2,1-5H3,(H,29,37)(H2,30,31,36)/t17-,18+,25-/m0/s1. The molecular weight excluding hydrogens is 518 g/mol. The molecule has 0 aliphatic carbocycles. The number of carbonyl (C=O) groups is 3. The van der Waals surface area contributed by atoms with Gasteiger partial charge in [-0.25, -0.2) is 9.59 Å². The first-order valence-corrected chi connectivity index (χ1v) is 13.3. The minimum Gasteiger partial charge on any atom is -0.487 e. The van der Waals surface area contributed by atoms with Gasteiger partial charge in [-0.3, -0.25) is 4.79 Å². The van der Waals surface area contributed by atoms with Gasteiger partial charge in [0.25, 0.3) is 5.91 Å². The molecule has 4 N–H and O–H groups in total. The fraction of sp³-hybridized carbons (Fsp3) is 0.464. The van der Waals surface area contributed by atoms with Crippen LogP contribution < -0.4 is 30.2 Å². The number of rotatable bonds is 7. The summed E-state index contributed by atoms with van der Waals surface area (Å²) in [5, 5.41) is 18.2. The average molecular weight is 556 g/mol. The molecule has 0 radical (unpaired) electrons. The number of amides is 5. The number of likely N-dealkylation sites (N-methyl/N-ethyl adjacent to an activating group) is 1. The number of hydrogen-bond acceptors (Lipinski definition) is 7. The zero-order valence-corrected chi connectivity index (χ0v) is 23.4. The van der Waals surface area contributed by atoms with Crippen molar-refractivity contribution in [2.24, 2.45) is 5.92 Å². The third-order valence-corrected chi connectivity index (χ3v) is 6.77. The molecule has 0 bridgehead atoms. The van der Waals surface area contributed by atoms with E-state index in [1.165, 1.54) is 0 Å². The molecule has 2 aromatic rings. The van der Waals surface area contributed by atoms with Gasteiger partial charge in [-0.1, -0.05) is 6.92 Å². The summed E-state index contributed by atoms with van der Waals surface area (Å²) in [6.07, 6.45) is -0.434. The van der Waals surface area contributed by atoms with E-state index in [0.29, 0.717) is 35.2 Å². The molecule has 2 aliphatic rings. The molecular formula is C28H37N5O7. The molecule has 4 rings (SSSR count). The summed E-state index contributed by atoms with van der Waals surface area (Å²) >= 11 is 0. The van der Waals surface area contributed by atoms with Crippen LogP contribution >= 0.6 is 0 Å². The number of benzene rings is 2. The van der Waals surface area contributed by atoms with Gasteiger partial charge in [0.15, 0.2) is 11.5 Å². The summed E-state index contributed by atoms with van der Waals surface area (Å²) in [4.78, 5) is 42.1. The molecule has 0 fully saturated rings. The highest BCUT2D eigenvalue weighted by Crippen LogP contribution is 2.34. The number of aliphatic hydroxyl groups is 1. The molecule has 2 aromatic carbocycles. The Kier molecular flexibility index (Phi) is 8.88. The van der Waals surface area contributed by atoms with E-state index in [1.807, 2.05) is 20.8 Å². The van der Waals surface area contributed by atoms with E-state index in [-0.39, 0.29) is 49.4 Å². The molecule has 2 aliphatic heterocycles. The molecule has 216 valence electrons. The van der Waals surface area contributed by atoms with Crippen LogP contribution in [-0.2, 0) is 0 Å². The summed E-state index contributed by atoms with van der Waals surface area (Å²) in [6.45, 7) is 8.00. The monoisotopic (exact) mass is 555 g/mol. The summed E-state index contributed by atoms with van der Waals surface area (Å²) in [6, 6.07) is 8.68. The highest BCUT2D eigenvalue weighted by atomic mass is 16.7. The Morgan fingerprint density at radius 2 is 1.70 bits per heavy atom. The minimum atomic E-state index is -0.511. The number of aliphatic hydroxyl groups excluding tert-OH is 1. The van der Waals surface area contributed by atoms with Gasteiger partial charge in [-0.2, -0.15) is 0 Å². The highest BCUT2D eigenvalue weighted by molar-refractivity contribution is 6.02. The van der Waals surface area contributed by atoms with Crippen molar-refractivity contribution >= 4 is 29.3 Å². The van der Waals surface area contributed by atoms with Crippen molar-refractivity contribution in [2.75, 3.05) is 44.2 Å². The van der Waals surface area contributed by atoms with Crippen LogP contribution in [0.15, 0.2) is 36.4 Å². The van der Waals surface area contributed by atoms with Crippen molar-refractivity contribution in [1.29, 1.82) is 0 Å². The Bertz CT molecular complexity index is 1250. The third kappa shape index (κ3) is 6.68. The van der Waals surface area contributed by atoms with Crippen molar-refractivity contribution in [3.63, 3.8) is 0 Å². The molecule has 0 saturated heterocycles. The van der Waals surface area contributed by atoms with Gasteiger partial charge < -0.3 is 45.1 Å². The van der Waals surface area contributed by atoms with Gasteiger partial charge >= 0.3 is 12.1 Å². The molecule has 0 unspecified atom stereocenters. The van der Waals surface area contributed by atoms with Crippen molar-refractivity contribution in [1.82, 2.24) is 15.1 Å². The fourth-order valence-electron chi connectivity index (χ4n) is 4.50. The van der Waals surface area contributed by atoms with E-state index in [0.717, 1.165) is 0 Å². The van der Waals surface area contributed by atoms with Crippen molar-refractivity contribution in [3.8, 4) is 17.2 Å². The number of nitrogens with zero attached hydrogens (tertiary/aromatic N) is 2. The molecule has 0 spiro atoms.